The topological polar surface area (TPSA) is 58.3 Å². The van der Waals surface area contributed by atoms with E-state index in [2.05, 4.69) is 9.97 Å². The molecule has 1 aliphatic rings. The lowest BCUT2D eigenvalue weighted by atomic mass is 10.2. The number of benzene rings is 1. The fourth-order valence-corrected chi connectivity index (χ4v) is 3.05. The van der Waals surface area contributed by atoms with Gasteiger partial charge >= 0.3 is 6.18 Å². The van der Waals surface area contributed by atoms with Gasteiger partial charge in [-0.2, -0.15) is 13.2 Å². The van der Waals surface area contributed by atoms with Crippen LogP contribution in [0.1, 0.15) is 31.0 Å². The van der Waals surface area contributed by atoms with Crippen LogP contribution < -0.4 is 10.7 Å². The quantitative estimate of drug-likeness (QED) is 0.878. The Labute approximate surface area is 150 Å². The van der Waals surface area contributed by atoms with E-state index in [-0.39, 0.29) is 6.04 Å². The predicted molar refractivity (Wildman–Crippen MR) is 93.8 cm³/mol. The van der Waals surface area contributed by atoms with E-state index in [9.17, 15) is 13.2 Å². The van der Waals surface area contributed by atoms with Crippen LogP contribution in [0.3, 0.4) is 0 Å². The molecular weight excluding hydrogens is 343 g/mol. The third-order valence-electron chi connectivity index (χ3n) is 4.30. The molecule has 0 bridgehead atoms. The Morgan fingerprint density at radius 3 is 2.77 bits per heavy atom. The van der Waals surface area contributed by atoms with Crippen molar-refractivity contribution < 1.29 is 13.2 Å². The number of hydrogen-bond acceptors (Lipinski definition) is 5. The number of halogens is 3. The number of aromatic nitrogens is 2. The third kappa shape index (κ3) is 4.13. The van der Waals surface area contributed by atoms with Gasteiger partial charge in [0.25, 0.3) is 0 Å². The first-order chi connectivity index (χ1) is 12.4. The highest BCUT2D eigenvalue weighted by atomic mass is 19.4. The van der Waals surface area contributed by atoms with Gasteiger partial charge in [0.2, 0.25) is 5.95 Å². The lowest BCUT2D eigenvalue weighted by molar-refractivity contribution is -0.137. The second-order valence-electron chi connectivity index (χ2n) is 6.42. The van der Waals surface area contributed by atoms with E-state index in [1.54, 1.807) is 17.3 Å². The Morgan fingerprint density at radius 1 is 1.31 bits per heavy atom. The standard InChI is InChI=1S/C18H22F3N5/c1-2-4-15-7-9-23-17(24-15)26(25-10-8-14(22)12-25)16-6-3-5-13(11-16)18(19,20)21/h3,5-7,9,11,14H,2,4,8,10,12,22H2,1H3/t14-/m0/s1. The number of alkyl halides is 3. The molecule has 0 saturated carbocycles. The normalized spacial score (nSPS) is 18.3. The summed E-state index contributed by atoms with van der Waals surface area (Å²) in [7, 11) is 0. The molecule has 26 heavy (non-hydrogen) atoms. The van der Waals surface area contributed by atoms with Crippen molar-refractivity contribution in [1.29, 1.82) is 0 Å². The number of aryl methyl sites for hydroxylation is 1. The van der Waals surface area contributed by atoms with E-state index in [4.69, 9.17) is 5.73 Å². The molecule has 1 aromatic carbocycles. The summed E-state index contributed by atoms with van der Waals surface area (Å²) in [6.45, 7) is 3.22. The van der Waals surface area contributed by atoms with Crippen LogP contribution in [0.5, 0.6) is 0 Å². The second kappa shape index (κ2) is 7.59. The van der Waals surface area contributed by atoms with Crippen molar-refractivity contribution in [3.63, 3.8) is 0 Å². The minimum atomic E-state index is -4.41. The Bertz CT molecular complexity index is 750. The monoisotopic (exact) mass is 365 g/mol. The molecule has 2 N–H and O–H groups in total. The van der Waals surface area contributed by atoms with Crippen LogP contribution in [0.2, 0.25) is 0 Å². The number of nitrogens with zero attached hydrogens (tertiary/aromatic N) is 4. The second-order valence-corrected chi connectivity index (χ2v) is 6.42. The van der Waals surface area contributed by atoms with Crippen molar-refractivity contribution in [2.24, 2.45) is 5.73 Å². The molecule has 2 aromatic rings. The molecule has 1 atom stereocenters. The largest absolute Gasteiger partial charge is 0.416 e. The van der Waals surface area contributed by atoms with Crippen molar-refractivity contribution in [3.05, 3.63) is 47.8 Å². The maximum atomic E-state index is 13.2. The number of anilines is 2. The van der Waals surface area contributed by atoms with Gasteiger partial charge in [-0.25, -0.2) is 20.0 Å². The first-order valence-electron chi connectivity index (χ1n) is 8.68. The summed E-state index contributed by atoms with van der Waals surface area (Å²) < 4.78 is 39.5. The Hall–Kier alpha value is -2.19. The molecule has 140 valence electrons. The van der Waals surface area contributed by atoms with E-state index in [1.807, 2.05) is 18.0 Å². The molecule has 0 radical (unpaired) electrons. The number of hydrazine groups is 1. The number of rotatable bonds is 5. The summed E-state index contributed by atoms with van der Waals surface area (Å²) in [6.07, 6.45) is -0.290. The third-order valence-corrected chi connectivity index (χ3v) is 4.30. The fourth-order valence-electron chi connectivity index (χ4n) is 3.05. The molecule has 1 aromatic heterocycles. The van der Waals surface area contributed by atoms with Crippen LogP contribution in [0.25, 0.3) is 0 Å². The molecule has 1 aliphatic heterocycles. The molecule has 8 heteroatoms. The SMILES string of the molecule is CCCc1ccnc(N(c2cccc(C(F)(F)F)c2)N2CC[C@H](N)C2)n1. The first-order valence-corrected chi connectivity index (χ1v) is 8.68. The predicted octanol–water partition coefficient (Wildman–Crippen LogP) is 3.53. The van der Waals surface area contributed by atoms with Crippen LogP contribution in [-0.2, 0) is 12.6 Å². The Kier molecular flexibility index (Phi) is 5.43. The molecular formula is C18H22F3N5. The van der Waals surface area contributed by atoms with Gasteiger partial charge in [-0.3, -0.25) is 0 Å². The summed E-state index contributed by atoms with van der Waals surface area (Å²) in [5.41, 5.74) is 6.54. The lowest BCUT2D eigenvalue weighted by Gasteiger charge is -2.32. The summed E-state index contributed by atoms with van der Waals surface area (Å²) in [6, 6.07) is 7.02. The Balaban J connectivity index is 2.03. The molecule has 0 unspecified atom stereocenters. The van der Waals surface area contributed by atoms with Crippen LogP contribution in [-0.4, -0.2) is 34.1 Å². The van der Waals surface area contributed by atoms with Gasteiger partial charge in [0.15, 0.2) is 0 Å². The highest BCUT2D eigenvalue weighted by Gasteiger charge is 2.33. The maximum Gasteiger partial charge on any atom is 0.416 e. The number of nitrogens with two attached hydrogens (primary N) is 1. The van der Waals surface area contributed by atoms with E-state index < -0.39 is 11.7 Å². The molecule has 0 aliphatic carbocycles. The number of hydrogen-bond donors (Lipinski definition) is 1. The van der Waals surface area contributed by atoms with Crippen LogP contribution in [0.4, 0.5) is 24.8 Å². The molecule has 0 spiro atoms. The molecule has 5 nitrogen and oxygen atoms in total. The van der Waals surface area contributed by atoms with Crippen molar-refractivity contribution in [2.75, 3.05) is 18.1 Å². The smallest absolute Gasteiger partial charge is 0.326 e. The average Bonchev–Trinajstić information content (AvgIpc) is 3.01. The van der Waals surface area contributed by atoms with Gasteiger partial charge in [-0.05, 0) is 37.1 Å². The van der Waals surface area contributed by atoms with Crippen molar-refractivity contribution in [2.45, 2.75) is 38.4 Å². The van der Waals surface area contributed by atoms with Gasteiger partial charge in [0, 0.05) is 31.0 Å². The zero-order chi connectivity index (χ0) is 18.7. The van der Waals surface area contributed by atoms with E-state index in [0.717, 1.165) is 37.1 Å². The summed E-state index contributed by atoms with van der Waals surface area (Å²) in [4.78, 5) is 8.86. The van der Waals surface area contributed by atoms with E-state index >= 15 is 0 Å². The zero-order valence-electron chi connectivity index (χ0n) is 14.6. The average molecular weight is 365 g/mol. The van der Waals surface area contributed by atoms with Gasteiger partial charge in [0.05, 0.1) is 11.3 Å². The molecule has 3 rings (SSSR count). The minimum absolute atomic E-state index is 0.0258. The Morgan fingerprint density at radius 2 is 2.12 bits per heavy atom. The summed E-state index contributed by atoms with van der Waals surface area (Å²) in [5.74, 6) is 0.365. The van der Waals surface area contributed by atoms with Crippen molar-refractivity contribution in [3.8, 4) is 0 Å². The molecule has 0 amide bonds. The van der Waals surface area contributed by atoms with Crippen molar-refractivity contribution >= 4 is 11.6 Å². The van der Waals surface area contributed by atoms with E-state index in [1.165, 1.54) is 6.07 Å². The molecule has 1 saturated heterocycles. The molecule has 1 fully saturated rings. The van der Waals surface area contributed by atoms with Gasteiger partial charge < -0.3 is 5.73 Å². The maximum absolute atomic E-state index is 13.2. The fraction of sp³-hybridized carbons (Fsp3) is 0.444. The van der Waals surface area contributed by atoms with Crippen LogP contribution >= 0.6 is 0 Å². The zero-order valence-corrected chi connectivity index (χ0v) is 14.6. The van der Waals surface area contributed by atoms with Crippen LogP contribution in [0.15, 0.2) is 36.5 Å². The highest BCUT2D eigenvalue weighted by Crippen LogP contribution is 2.34. The first kappa shape index (κ1) is 18.6. The minimum Gasteiger partial charge on any atom is -0.326 e. The van der Waals surface area contributed by atoms with Crippen LogP contribution in [0, 0.1) is 0 Å². The highest BCUT2D eigenvalue weighted by molar-refractivity contribution is 5.57. The van der Waals surface area contributed by atoms with Gasteiger partial charge in [-0.15, -0.1) is 0 Å². The van der Waals surface area contributed by atoms with Crippen molar-refractivity contribution in [1.82, 2.24) is 15.0 Å². The summed E-state index contributed by atoms with van der Waals surface area (Å²) >= 11 is 0. The van der Waals surface area contributed by atoms with E-state index in [0.29, 0.717) is 24.7 Å². The summed E-state index contributed by atoms with van der Waals surface area (Å²) in [5, 5.41) is 3.56. The molecule has 2 heterocycles. The van der Waals surface area contributed by atoms with Gasteiger partial charge in [-0.1, -0.05) is 19.4 Å². The van der Waals surface area contributed by atoms with Gasteiger partial charge in [0.1, 0.15) is 0 Å². The lowest BCUT2D eigenvalue weighted by Crippen LogP contribution is -2.40.